The van der Waals surface area contributed by atoms with Crippen LogP contribution in [0.2, 0.25) is 0 Å². The molecule has 2 aromatic rings. The Bertz CT molecular complexity index is 1370. The number of ketones is 1. The summed E-state index contributed by atoms with van der Waals surface area (Å²) < 4.78 is 28.7. The summed E-state index contributed by atoms with van der Waals surface area (Å²) in [6.07, 6.45) is 2.51. The maximum atomic E-state index is 14.0. The molecule has 0 radical (unpaired) electrons. The number of benzene rings is 2. The molecule has 41 heavy (non-hydrogen) atoms. The van der Waals surface area contributed by atoms with Gasteiger partial charge in [0, 0.05) is 29.3 Å². The summed E-state index contributed by atoms with van der Waals surface area (Å²) in [7, 11) is 4.76. The highest BCUT2D eigenvalue weighted by molar-refractivity contribution is 9.10. The number of esters is 1. The number of carbonyl (C=O) groups is 2. The Kier molecular flexibility index (Phi) is 10.1. The van der Waals surface area contributed by atoms with Crippen molar-refractivity contribution in [2.75, 3.05) is 34.5 Å². The van der Waals surface area contributed by atoms with Gasteiger partial charge in [-0.2, -0.15) is 0 Å². The highest BCUT2D eigenvalue weighted by Crippen LogP contribution is 2.49. The zero-order chi connectivity index (χ0) is 29.7. The number of Topliss-reactive ketones (excluding diaryl/α,β-unsaturated/α-hetero) is 1. The van der Waals surface area contributed by atoms with Gasteiger partial charge in [-0.25, -0.2) is 0 Å². The van der Waals surface area contributed by atoms with Crippen LogP contribution in [0, 0.1) is 5.92 Å². The van der Waals surface area contributed by atoms with E-state index in [-0.39, 0.29) is 24.1 Å². The van der Waals surface area contributed by atoms with Gasteiger partial charge in [-0.15, -0.1) is 0 Å². The molecule has 1 aliphatic carbocycles. The number of nitrogens with zero attached hydrogens (tertiary/aromatic N) is 1. The molecule has 1 aliphatic heterocycles. The van der Waals surface area contributed by atoms with Crippen LogP contribution in [0.1, 0.15) is 69.4 Å². The predicted molar refractivity (Wildman–Crippen MR) is 161 cm³/mol. The molecule has 0 aromatic heterocycles. The fourth-order valence-corrected chi connectivity index (χ4v) is 6.32. The summed E-state index contributed by atoms with van der Waals surface area (Å²) in [5, 5.41) is 0. The fourth-order valence-electron chi connectivity index (χ4n) is 5.70. The molecule has 0 fully saturated rings. The summed E-state index contributed by atoms with van der Waals surface area (Å²) in [4.78, 5) is 32.5. The van der Waals surface area contributed by atoms with Gasteiger partial charge in [-0.05, 0) is 83.9 Å². The average Bonchev–Trinajstić information content (AvgIpc) is 2.96. The number of carbonyl (C=O) groups excluding carboxylic acids is 2. The molecule has 8 nitrogen and oxygen atoms in total. The normalized spacial score (nSPS) is 20.2. The molecule has 0 spiro atoms. The van der Waals surface area contributed by atoms with Crippen LogP contribution in [-0.4, -0.2) is 52.0 Å². The van der Waals surface area contributed by atoms with Crippen molar-refractivity contribution < 1.29 is 33.3 Å². The summed E-state index contributed by atoms with van der Waals surface area (Å²) in [5.41, 5.74) is 3.62. The van der Waals surface area contributed by atoms with Crippen molar-refractivity contribution in [1.29, 1.82) is 0 Å². The van der Waals surface area contributed by atoms with E-state index in [0.29, 0.717) is 64.1 Å². The predicted octanol–water partition coefficient (Wildman–Crippen LogP) is 6.79. The first-order valence-electron chi connectivity index (χ1n) is 14.0. The van der Waals surface area contributed by atoms with Crippen LogP contribution >= 0.6 is 15.9 Å². The molecule has 0 amide bonds. The smallest absolute Gasteiger partial charge is 0.315 e. The Morgan fingerprint density at radius 1 is 0.976 bits per heavy atom. The molecule has 0 saturated carbocycles. The summed E-state index contributed by atoms with van der Waals surface area (Å²) >= 11 is 3.61. The standard InChI is InChI=1S/C32H38BrNO7/c1-7-9-12-41-32(36)28-18(3)34-23-14-20(19-10-11-25(37-4)26(16-19)38-5)15-24(35)30(23)29(28)21-13-22(33)31(39-6)27(17-21)40-8-2/h10-11,13,16-17,20,28-29H,7-9,12,14-15H2,1-6H3/t20-,28?,29+/m0/s1. The van der Waals surface area contributed by atoms with Gasteiger partial charge in [-0.3, -0.25) is 14.6 Å². The van der Waals surface area contributed by atoms with Gasteiger partial charge < -0.3 is 23.7 Å². The molecule has 9 heteroatoms. The lowest BCUT2D eigenvalue weighted by molar-refractivity contribution is -0.146. The number of methoxy groups -OCH3 is 3. The number of rotatable bonds is 11. The van der Waals surface area contributed by atoms with Crippen LogP contribution in [0.3, 0.4) is 0 Å². The van der Waals surface area contributed by atoms with E-state index in [1.165, 1.54) is 0 Å². The lowest BCUT2D eigenvalue weighted by atomic mass is 9.69. The highest BCUT2D eigenvalue weighted by Gasteiger charge is 2.45. The molecule has 4 rings (SSSR count). The first kappa shape index (κ1) is 30.6. The second kappa shape index (κ2) is 13.6. The van der Waals surface area contributed by atoms with Crippen LogP contribution in [0.25, 0.3) is 0 Å². The van der Waals surface area contributed by atoms with Gasteiger partial charge in [0.1, 0.15) is 5.92 Å². The Morgan fingerprint density at radius 2 is 1.71 bits per heavy atom. The minimum atomic E-state index is -0.734. The topological polar surface area (TPSA) is 92.7 Å². The maximum Gasteiger partial charge on any atom is 0.315 e. The number of unbranched alkanes of at least 4 members (excludes halogenated alkanes) is 1. The van der Waals surface area contributed by atoms with E-state index >= 15 is 0 Å². The fraction of sp³-hybridized carbons (Fsp3) is 0.469. The second-order valence-corrected chi connectivity index (χ2v) is 11.1. The van der Waals surface area contributed by atoms with Gasteiger partial charge in [0.25, 0.3) is 0 Å². The van der Waals surface area contributed by atoms with Crippen molar-refractivity contribution in [3.63, 3.8) is 0 Å². The van der Waals surface area contributed by atoms with E-state index in [9.17, 15) is 9.59 Å². The van der Waals surface area contributed by atoms with Crippen LogP contribution in [0.15, 0.2) is 51.1 Å². The van der Waals surface area contributed by atoms with Crippen LogP contribution in [0.4, 0.5) is 0 Å². The third-order valence-electron chi connectivity index (χ3n) is 7.66. The van der Waals surface area contributed by atoms with Crippen molar-refractivity contribution in [2.24, 2.45) is 10.9 Å². The van der Waals surface area contributed by atoms with E-state index in [0.717, 1.165) is 24.0 Å². The van der Waals surface area contributed by atoms with Crippen molar-refractivity contribution in [1.82, 2.24) is 0 Å². The van der Waals surface area contributed by atoms with Crippen molar-refractivity contribution in [3.8, 4) is 23.0 Å². The Balaban J connectivity index is 1.82. The van der Waals surface area contributed by atoms with Gasteiger partial charge in [0.2, 0.25) is 0 Å². The largest absolute Gasteiger partial charge is 0.493 e. The number of hydrogen-bond donors (Lipinski definition) is 0. The first-order valence-corrected chi connectivity index (χ1v) is 14.8. The van der Waals surface area contributed by atoms with Crippen molar-refractivity contribution in [2.45, 2.75) is 58.3 Å². The minimum absolute atomic E-state index is 0.0384. The van der Waals surface area contributed by atoms with Crippen LogP contribution < -0.4 is 18.9 Å². The first-order chi connectivity index (χ1) is 19.8. The molecule has 2 aliphatic rings. The van der Waals surface area contributed by atoms with E-state index in [1.807, 2.05) is 51.1 Å². The second-order valence-electron chi connectivity index (χ2n) is 10.2. The molecule has 0 saturated heterocycles. The quantitative estimate of drug-likeness (QED) is 0.200. The monoisotopic (exact) mass is 627 g/mol. The number of aliphatic imine (C=N–C) groups is 1. The molecule has 0 N–H and O–H groups in total. The molecule has 2 aromatic carbocycles. The lowest BCUT2D eigenvalue weighted by Crippen LogP contribution is -2.38. The highest BCUT2D eigenvalue weighted by atomic mass is 79.9. The molecule has 1 unspecified atom stereocenters. The molecular formula is C32H38BrNO7. The van der Waals surface area contributed by atoms with Crippen molar-refractivity contribution in [3.05, 3.63) is 57.2 Å². The third kappa shape index (κ3) is 6.30. The Labute approximate surface area is 250 Å². The summed E-state index contributed by atoms with van der Waals surface area (Å²) in [6, 6.07) is 9.50. The number of ether oxygens (including phenoxy) is 5. The van der Waals surface area contributed by atoms with E-state index in [2.05, 4.69) is 15.9 Å². The van der Waals surface area contributed by atoms with Gasteiger partial charge in [-0.1, -0.05) is 19.4 Å². The third-order valence-corrected chi connectivity index (χ3v) is 8.25. The van der Waals surface area contributed by atoms with E-state index in [4.69, 9.17) is 28.7 Å². The van der Waals surface area contributed by atoms with E-state index < -0.39 is 11.8 Å². The molecule has 3 atom stereocenters. The Hall–Kier alpha value is -3.33. The van der Waals surface area contributed by atoms with Gasteiger partial charge in [0.05, 0.1) is 39.0 Å². The van der Waals surface area contributed by atoms with Crippen LogP contribution in [-0.2, 0) is 14.3 Å². The van der Waals surface area contributed by atoms with E-state index in [1.54, 1.807) is 21.3 Å². The zero-order valence-electron chi connectivity index (χ0n) is 24.5. The molecular weight excluding hydrogens is 590 g/mol. The molecule has 1 heterocycles. The Morgan fingerprint density at radius 3 is 2.37 bits per heavy atom. The minimum Gasteiger partial charge on any atom is -0.493 e. The SMILES string of the molecule is CCCCOC(=O)C1C(C)=NC2=C(C(=O)C[C@@H](c3ccc(OC)c(OC)c3)C2)[C@@H]1c1cc(Br)c(OC)c(OCC)c1. The summed E-state index contributed by atoms with van der Waals surface area (Å²) in [6.45, 7) is 6.53. The summed E-state index contributed by atoms with van der Waals surface area (Å²) in [5.74, 6) is 0.512. The maximum absolute atomic E-state index is 14.0. The number of allylic oxidation sites excluding steroid dienone is 2. The van der Waals surface area contributed by atoms with Crippen molar-refractivity contribution >= 4 is 33.4 Å². The van der Waals surface area contributed by atoms with Gasteiger partial charge >= 0.3 is 5.97 Å². The van der Waals surface area contributed by atoms with Gasteiger partial charge in [0.15, 0.2) is 28.8 Å². The number of halogens is 1. The number of hydrogen-bond acceptors (Lipinski definition) is 8. The molecule has 0 bridgehead atoms. The zero-order valence-corrected chi connectivity index (χ0v) is 26.1. The van der Waals surface area contributed by atoms with Crippen LogP contribution in [0.5, 0.6) is 23.0 Å². The lowest BCUT2D eigenvalue weighted by Gasteiger charge is -2.37. The molecule has 220 valence electrons. The average molecular weight is 629 g/mol.